The van der Waals surface area contributed by atoms with E-state index in [1.54, 1.807) is 13.8 Å². The highest BCUT2D eigenvalue weighted by Crippen LogP contribution is 2.31. The number of cyclic esters (lactones) is 1. The van der Waals surface area contributed by atoms with Gasteiger partial charge in [-0.05, 0) is 5.92 Å². The number of hydrogen-bond donors (Lipinski definition) is 1. The summed E-state index contributed by atoms with van der Waals surface area (Å²) in [6.45, 7) is 3.19. The highest BCUT2D eigenvalue weighted by Gasteiger charge is 2.53. The van der Waals surface area contributed by atoms with Crippen molar-refractivity contribution in [2.75, 3.05) is 0 Å². The lowest BCUT2D eigenvalue weighted by Crippen LogP contribution is -2.44. The molecule has 0 aromatic heterocycles. The Kier molecular flexibility index (Phi) is 2.40. The molecular weight excluding hydrogens is 187 g/mol. The van der Waals surface area contributed by atoms with Crippen LogP contribution in [0.25, 0.3) is 0 Å². The van der Waals surface area contributed by atoms with E-state index in [9.17, 15) is 18.0 Å². The van der Waals surface area contributed by atoms with Gasteiger partial charge in [-0.15, -0.1) is 0 Å². The molecule has 1 aliphatic heterocycles. The lowest BCUT2D eigenvalue weighted by molar-refractivity contribution is -0.201. The Morgan fingerprint density at radius 1 is 1.46 bits per heavy atom. The second kappa shape index (κ2) is 3.08. The fraction of sp³-hybridized carbons (Fsp3) is 0.857. The molecule has 0 spiro atoms. The average molecular weight is 197 g/mol. The van der Waals surface area contributed by atoms with E-state index >= 15 is 0 Å². The first kappa shape index (κ1) is 10.1. The second-order valence-corrected chi connectivity index (χ2v) is 3.28. The van der Waals surface area contributed by atoms with Crippen molar-refractivity contribution in [2.24, 2.45) is 5.92 Å². The van der Waals surface area contributed by atoms with Crippen LogP contribution in [0.1, 0.15) is 13.8 Å². The van der Waals surface area contributed by atoms with Gasteiger partial charge in [0.15, 0.2) is 0 Å². The van der Waals surface area contributed by atoms with Crippen LogP contribution in [0.3, 0.4) is 0 Å². The van der Waals surface area contributed by atoms with Crippen LogP contribution in [-0.4, -0.2) is 24.4 Å². The summed E-state index contributed by atoms with van der Waals surface area (Å²) < 4.78 is 40.8. The molecular formula is C7H10F3NO2. The van der Waals surface area contributed by atoms with Crippen molar-refractivity contribution < 1.29 is 22.7 Å². The Morgan fingerprint density at radius 3 is 2.31 bits per heavy atom. The summed E-state index contributed by atoms with van der Waals surface area (Å²) in [5.41, 5.74) is 0. The zero-order valence-electron chi connectivity index (χ0n) is 7.18. The van der Waals surface area contributed by atoms with E-state index in [4.69, 9.17) is 0 Å². The van der Waals surface area contributed by atoms with Crippen molar-refractivity contribution in [3.63, 3.8) is 0 Å². The minimum absolute atomic E-state index is 0.307. The van der Waals surface area contributed by atoms with Crippen molar-refractivity contribution in [3.05, 3.63) is 0 Å². The smallest absolute Gasteiger partial charge is 0.427 e. The predicted molar refractivity (Wildman–Crippen MR) is 38.1 cm³/mol. The van der Waals surface area contributed by atoms with Gasteiger partial charge in [-0.3, -0.25) is 0 Å². The van der Waals surface area contributed by atoms with Crippen molar-refractivity contribution in [3.8, 4) is 0 Å². The number of halogens is 3. The van der Waals surface area contributed by atoms with Crippen molar-refractivity contribution in [1.82, 2.24) is 5.32 Å². The summed E-state index contributed by atoms with van der Waals surface area (Å²) in [6, 6.07) is -0.979. The molecule has 1 rings (SSSR count). The average Bonchev–Trinajstić information content (AvgIpc) is 2.29. The van der Waals surface area contributed by atoms with Crippen LogP contribution in [0.4, 0.5) is 18.0 Å². The van der Waals surface area contributed by atoms with Gasteiger partial charge in [0.2, 0.25) is 6.10 Å². The third kappa shape index (κ3) is 2.05. The zero-order valence-corrected chi connectivity index (χ0v) is 7.18. The van der Waals surface area contributed by atoms with E-state index in [0.717, 1.165) is 0 Å². The Morgan fingerprint density at radius 2 is 2.00 bits per heavy atom. The molecule has 1 fully saturated rings. The fourth-order valence-corrected chi connectivity index (χ4v) is 1.22. The number of hydrogen-bond acceptors (Lipinski definition) is 2. The molecule has 0 unspecified atom stereocenters. The van der Waals surface area contributed by atoms with Crippen LogP contribution in [0.2, 0.25) is 0 Å². The first-order valence-corrected chi connectivity index (χ1v) is 3.86. The maximum atomic E-state index is 12.2. The van der Waals surface area contributed by atoms with Gasteiger partial charge >= 0.3 is 12.3 Å². The van der Waals surface area contributed by atoms with Crippen molar-refractivity contribution in [2.45, 2.75) is 32.2 Å². The van der Waals surface area contributed by atoms with Crippen LogP contribution in [0.15, 0.2) is 0 Å². The lowest BCUT2D eigenvalue weighted by Gasteiger charge is -2.21. The number of alkyl carbamates (subject to hydrolysis) is 1. The van der Waals surface area contributed by atoms with Crippen LogP contribution in [0, 0.1) is 5.92 Å². The van der Waals surface area contributed by atoms with Crippen molar-refractivity contribution >= 4 is 6.09 Å². The highest BCUT2D eigenvalue weighted by molar-refractivity contribution is 5.70. The molecule has 0 saturated carbocycles. The van der Waals surface area contributed by atoms with Crippen LogP contribution in [0.5, 0.6) is 0 Å². The van der Waals surface area contributed by atoms with Gasteiger partial charge in [-0.2, -0.15) is 13.2 Å². The van der Waals surface area contributed by atoms with Gasteiger partial charge in [0.1, 0.15) is 0 Å². The van der Waals surface area contributed by atoms with E-state index in [1.165, 1.54) is 0 Å². The van der Waals surface area contributed by atoms with Crippen LogP contribution in [-0.2, 0) is 4.74 Å². The van der Waals surface area contributed by atoms with Gasteiger partial charge in [0.25, 0.3) is 0 Å². The molecule has 0 bridgehead atoms. The Bertz CT molecular complexity index is 214. The van der Waals surface area contributed by atoms with E-state index < -0.39 is 24.4 Å². The van der Waals surface area contributed by atoms with E-state index in [0.29, 0.717) is 0 Å². The Labute approximate surface area is 73.2 Å². The molecule has 1 aliphatic rings. The third-order valence-corrected chi connectivity index (χ3v) is 1.89. The summed E-state index contributed by atoms with van der Waals surface area (Å²) in [7, 11) is 0. The zero-order chi connectivity index (χ0) is 10.2. The molecule has 0 aromatic rings. The van der Waals surface area contributed by atoms with Crippen LogP contribution >= 0.6 is 0 Å². The summed E-state index contributed by atoms with van der Waals surface area (Å²) >= 11 is 0. The van der Waals surface area contributed by atoms with Gasteiger partial charge in [0.05, 0.1) is 6.04 Å². The topological polar surface area (TPSA) is 38.3 Å². The molecule has 6 heteroatoms. The molecule has 1 N–H and O–H groups in total. The van der Waals surface area contributed by atoms with Crippen LogP contribution < -0.4 is 5.32 Å². The molecule has 0 aromatic carbocycles. The summed E-state index contributed by atoms with van der Waals surface area (Å²) in [5.74, 6) is -0.307. The standard InChI is InChI=1S/C7H10F3NO2/c1-3(2)4-5(7(8,9)10)13-6(12)11-4/h3-5H,1-2H3,(H,11,12)/t4-,5+/m1/s1. The second-order valence-electron chi connectivity index (χ2n) is 3.28. The first-order chi connectivity index (χ1) is 5.82. The minimum Gasteiger partial charge on any atom is -0.434 e. The van der Waals surface area contributed by atoms with Crippen molar-refractivity contribution in [1.29, 1.82) is 0 Å². The summed E-state index contributed by atoms with van der Waals surface area (Å²) in [5, 5.41) is 2.13. The number of ether oxygens (including phenoxy) is 1. The molecule has 1 amide bonds. The summed E-state index contributed by atoms with van der Waals surface area (Å²) in [6.07, 6.45) is -7.50. The maximum absolute atomic E-state index is 12.2. The number of amides is 1. The number of nitrogens with one attached hydrogen (secondary N) is 1. The lowest BCUT2D eigenvalue weighted by atomic mass is 9.99. The molecule has 0 radical (unpaired) electrons. The fourth-order valence-electron chi connectivity index (χ4n) is 1.22. The molecule has 3 nitrogen and oxygen atoms in total. The molecule has 76 valence electrons. The van der Waals surface area contributed by atoms with Gasteiger partial charge < -0.3 is 10.1 Å². The number of carbonyl (C=O) groups excluding carboxylic acids is 1. The van der Waals surface area contributed by atoms with Gasteiger partial charge in [-0.25, -0.2) is 4.79 Å². The largest absolute Gasteiger partial charge is 0.434 e. The molecule has 13 heavy (non-hydrogen) atoms. The van der Waals surface area contributed by atoms with E-state index in [2.05, 4.69) is 10.1 Å². The predicted octanol–water partition coefficient (Wildman–Crippen LogP) is 1.68. The van der Waals surface area contributed by atoms with E-state index in [-0.39, 0.29) is 5.92 Å². The number of rotatable bonds is 1. The molecule has 0 aliphatic carbocycles. The third-order valence-electron chi connectivity index (χ3n) is 1.89. The summed E-state index contributed by atoms with van der Waals surface area (Å²) in [4.78, 5) is 10.6. The molecule has 1 heterocycles. The molecule has 2 atom stereocenters. The quantitative estimate of drug-likeness (QED) is 0.694. The number of carbonyl (C=O) groups is 1. The maximum Gasteiger partial charge on any atom is 0.427 e. The Hall–Kier alpha value is -0.940. The monoisotopic (exact) mass is 197 g/mol. The first-order valence-electron chi connectivity index (χ1n) is 3.86. The van der Waals surface area contributed by atoms with Gasteiger partial charge in [0, 0.05) is 0 Å². The van der Waals surface area contributed by atoms with E-state index in [1.807, 2.05) is 0 Å². The van der Waals surface area contributed by atoms with Gasteiger partial charge in [-0.1, -0.05) is 13.8 Å². The Balaban J connectivity index is 2.78. The minimum atomic E-state index is -4.49. The molecule has 1 saturated heterocycles. The number of alkyl halides is 3. The normalized spacial score (nSPS) is 28.9. The highest BCUT2D eigenvalue weighted by atomic mass is 19.4. The SMILES string of the molecule is CC(C)[C@H]1NC(=O)O[C@@H]1C(F)(F)F.